The van der Waals surface area contributed by atoms with Gasteiger partial charge in [0.1, 0.15) is 0 Å². The molecule has 0 radical (unpaired) electrons. The van der Waals surface area contributed by atoms with Crippen molar-refractivity contribution in [3.05, 3.63) is 58.6 Å². The van der Waals surface area contributed by atoms with Crippen LogP contribution in [0.25, 0.3) is 10.9 Å². The molecule has 7 nitrogen and oxygen atoms in total. The van der Waals surface area contributed by atoms with Crippen LogP contribution in [0.5, 0.6) is 5.88 Å². The molecule has 0 saturated carbocycles. The van der Waals surface area contributed by atoms with E-state index in [-0.39, 0.29) is 22.9 Å². The van der Waals surface area contributed by atoms with Crippen LogP contribution in [0.4, 0.5) is 17.1 Å². The van der Waals surface area contributed by atoms with E-state index in [1.807, 2.05) is 6.07 Å². The highest BCUT2D eigenvalue weighted by molar-refractivity contribution is 5.94. The Morgan fingerprint density at radius 1 is 1.05 bits per heavy atom. The van der Waals surface area contributed by atoms with Gasteiger partial charge in [-0.1, -0.05) is 30.3 Å². The van der Waals surface area contributed by atoms with Crippen LogP contribution in [0.1, 0.15) is 0 Å². The number of para-hydroxylation sites is 2. The maximum atomic E-state index is 10.9. The van der Waals surface area contributed by atoms with E-state index in [0.717, 1.165) is 0 Å². The third-order valence-corrected chi connectivity index (χ3v) is 3.00. The summed E-state index contributed by atoms with van der Waals surface area (Å²) in [5.41, 5.74) is 0.961. The predicted octanol–water partition coefficient (Wildman–Crippen LogP) is 4.20. The number of H-pyrrole nitrogens is 1. The lowest BCUT2D eigenvalue weighted by molar-refractivity contribution is -0.384. The van der Waals surface area contributed by atoms with Crippen molar-refractivity contribution in [3.63, 3.8) is 0 Å². The van der Waals surface area contributed by atoms with Crippen molar-refractivity contribution >= 4 is 28.0 Å². The molecule has 3 aromatic rings. The number of azo groups is 1. The normalized spacial score (nSPS) is 11.2. The number of rotatable bonds is 3. The summed E-state index contributed by atoms with van der Waals surface area (Å²) in [6.07, 6.45) is 0. The minimum absolute atomic E-state index is 0.126. The van der Waals surface area contributed by atoms with Gasteiger partial charge in [0.15, 0.2) is 11.4 Å². The number of fused-ring (bicyclic) bond motifs is 1. The zero-order valence-corrected chi connectivity index (χ0v) is 10.7. The fraction of sp³-hybridized carbons (Fsp3) is 0. The van der Waals surface area contributed by atoms with E-state index in [4.69, 9.17) is 0 Å². The summed E-state index contributed by atoms with van der Waals surface area (Å²) in [5, 5.41) is 29.3. The molecule has 0 aliphatic heterocycles. The Bertz CT molecular complexity index is 854. The van der Waals surface area contributed by atoms with Gasteiger partial charge in [-0.05, 0) is 12.1 Å². The van der Waals surface area contributed by atoms with Crippen molar-refractivity contribution in [1.29, 1.82) is 0 Å². The van der Waals surface area contributed by atoms with Crippen LogP contribution in [0.3, 0.4) is 0 Å². The zero-order valence-electron chi connectivity index (χ0n) is 10.7. The molecule has 1 heterocycles. The summed E-state index contributed by atoms with van der Waals surface area (Å²) in [7, 11) is 0. The van der Waals surface area contributed by atoms with Crippen molar-refractivity contribution < 1.29 is 10.0 Å². The number of nitro benzene ring substituents is 1. The fourth-order valence-corrected chi connectivity index (χ4v) is 2.02. The molecule has 7 heteroatoms. The molecular weight excluding hydrogens is 272 g/mol. The smallest absolute Gasteiger partial charge is 0.296 e. The summed E-state index contributed by atoms with van der Waals surface area (Å²) in [5.74, 6) is -0.126. The van der Waals surface area contributed by atoms with Gasteiger partial charge in [0.05, 0.1) is 10.4 Å². The van der Waals surface area contributed by atoms with Gasteiger partial charge >= 0.3 is 0 Å². The number of hydrogen-bond acceptors (Lipinski definition) is 5. The maximum Gasteiger partial charge on any atom is 0.296 e. The average molecular weight is 282 g/mol. The SMILES string of the molecule is O=[N+]([O-])c1ccccc1N=Nc1c(O)[nH]c2ccccc12. The number of aromatic hydroxyl groups is 1. The first-order chi connectivity index (χ1) is 10.2. The first-order valence-electron chi connectivity index (χ1n) is 6.11. The van der Waals surface area contributed by atoms with Crippen LogP contribution >= 0.6 is 0 Å². The first kappa shape index (κ1) is 12.8. The van der Waals surface area contributed by atoms with Gasteiger partial charge in [0, 0.05) is 11.5 Å². The molecule has 0 bridgehead atoms. The second-order valence-electron chi connectivity index (χ2n) is 4.31. The third kappa shape index (κ3) is 2.32. The van der Waals surface area contributed by atoms with Gasteiger partial charge in [0.2, 0.25) is 5.88 Å². The van der Waals surface area contributed by atoms with E-state index in [2.05, 4.69) is 15.2 Å². The Hall–Kier alpha value is -3.22. The highest BCUT2D eigenvalue weighted by Gasteiger charge is 2.13. The number of benzene rings is 2. The van der Waals surface area contributed by atoms with E-state index < -0.39 is 4.92 Å². The maximum absolute atomic E-state index is 10.9. The average Bonchev–Trinajstić information content (AvgIpc) is 2.81. The lowest BCUT2D eigenvalue weighted by atomic mass is 10.2. The van der Waals surface area contributed by atoms with E-state index in [0.29, 0.717) is 10.9 Å². The number of nitrogens with zero attached hydrogens (tertiary/aromatic N) is 3. The minimum atomic E-state index is -0.524. The summed E-state index contributed by atoms with van der Waals surface area (Å²) >= 11 is 0. The van der Waals surface area contributed by atoms with Gasteiger partial charge in [0.25, 0.3) is 5.69 Å². The topological polar surface area (TPSA) is 104 Å². The Labute approximate surface area is 118 Å². The molecule has 2 aromatic carbocycles. The van der Waals surface area contributed by atoms with Crippen molar-refractivity contribution in [2.45, 2.75) is 0 Å². The first-order valence-corrected chi connectivity index (χ1v) is 6.11. The van der Waals surface area contributed by atoms with Crippen molar-refractivity contribution in [2.75, 3.05) is 0 Å². The van der Waals surface area contributed by atoms with Crippen LogP contribution in [0.2, 0.25) is 0 Å². The minimum Gasteiger partial charge on any atom is -0.493 e. The number of aromatic amines is 1. The molecular formula is C14H10N4O3. The molecule has 0 spiro atoms. The van der Waals surface area contributed by atoms with Gasteiger partial charge in [-0.15, -0.1) is 10.2 Å². The molecule has 0 unspecified atom stereocenters. The van der Waals surface area contributed by atoms with Gasteiger partial charge in [-0.2, -0.15) is 0 Å². The van der Waals surface area contributed by atoms with E-state index in [1.165, 1.54) is 12.1 Å². The molecule has 0 amide bonds. The van der Waals surface area contributed by atoms with Gasteiger partial charge in [-0.25, -0.2) is 0 Å². The van der Waals surface area contributed by atoms with Crippen LogP contribution < -0.4 is 0 Å². The Morgan fingerprint density at radius 3 is 2.57 bits per heavy atom. The Kier molecular flexibility index (Phi) is 3.07. The lowest BCUT2D eigenvalue weighted by Gasteiger charge is -1.95. The third-order valence-electron chi connectivity index (χ3n) is 3.00. The number of aromatic nitrogens is 1. The summed E-state index contributed by atoms with van der Waals surface area (Å²) in [6, 6.07) is 13.2. The highest BCUT2D eigenvalue weighted by atomic mass is 16.6. The van der Waals surface area contributed by atoms with Crippen molar-refractivity contribution in [2.24, 2.45) is 10.2 Å². The lowest BCUT2D eigenvalue weighted by Crippen LogP contribution is -1.86. The van der Waals surface area contributed by atoms with E-state index in [1.54, 1.807) is 30.3 Å². The number of nitro groups is 1. The summed E-state index contributed by atoms with van der Waals surface area (Å²) in [6.45, 7) is 0. The highest BCUT2D eigenvalue weighted by Crippen LogP contribution is 2.37. The van der Waals surface area contributed by atoms with Crippen LogP contribution in [0.15, 0.2) is 58.8 Å². The molecule has 0 atom stereocenters. The summed E-state index contributed by atoms with van der Waals surface area (Å²) < 4.78 is 0. The molecule has 0 fully saturated rings. The molecule has 0 saturated heterocycles. The van der Waals surface area contributed by atoms with Crippen LogP contribution in [-0.4, -0.2) is 15.0 Å². The molecule has 0 aliphatic rings. The number of hydrogen-bond donors (Lipinski definition) is 2. The second kappa shape index (κ2) is 5.04. The quantitative estimate of drug-likeness (QED) is 0.427. The Balaban J connectivity index is 2.07. The molecule has 1 aromatic heterocycles. The zero-order chi connectivity index (χ0) is 14.8. The Morgan fingerprint density at radius 2 is 1.76 bits per heavy atom. The predicted molar refractivity (Wildman–Crippen MR) is 77.2 cm³/mol. The van der Waals surface area contributed by atoms with Crippen molar-refractivity contribution in [1.82, 2.24) is 4.98 Å². The molecule has 0 aliphatic carbocycles. The molecule has 21 heavy (non-hydrogen) atoms. The van der Waals surface area contributed by atoms with E-state index in [9.17, 15) is 15.2 Å². The van der Waals surface area contributed by atoms with Gasteiger partial charge in [-0.3, -0.25) is 10.1 Å². The van der Waals surface area contributed by atoms with Crippen molar-refractivity contribution in [3.8, 4) is 5.88 Å². The van der Waals surface area contributed by atoms with Gasteiger partial charge < -0.3 is 10.1 Å². The van der Waals surface area contributed by atoms with Crippen LogP contribution in [-0.2, 0) is 0 Å². The number of nitrogens with one attached hydrogen (secondary N) is 1. The van der Waals surface area contributed by atoms with Crippen LogP contribution in [0, 0.1) is 10.1 Å². The second-order valence-corrected chi connectivity index (χ2v) is 4.31. The largest absolute Gasteiger partial charge is 0.493 e. The molecule has 2 N–H and O–H groups in total. The summed E-state index contributed by atoms with van der Waals surface area (Å²) in [4.78, 5) is 13.2. The molecule has 104 valence electrons. The monoisotopic (exact) mass is 282 g/mol. The van der Waals surface area contributed by atoms with E-state index >= 15 is 0 Å². The fourth-order valence-electron chi connectivity index (χ4n) is 2.02. The standard InChI is InChI=1S/C14H10N4O3/c19-14-13(9-5-1-2-6-10(9)15-14)17-16-11-7-3-4-8-12(11)18(20)21/h1-8,15,19H. The molecule has 3 rings (SSSR count).